The van der Waals surface area contributed by atoms with Crippen LogP contribution in [0.4, 0.5) is 0 Å². The van der Waals surface area contributed by atoms with Gasteiger partial charge in [-0.1, -0.05) is 19.1 Å². The van der Waals surface area contributed by atoms with Crippen LogP contribution in [0.3, 0.4) is 0 Å². The summed E-state index contributed by atoms with van der Waals surface area (Å²) in [6.07, 6.45) is 2.84. The monoisotopic (exact) mass is 282 g/mol. The number of phenols is 1. The number of benzene rings is 1. The molecule has 1 aromatic carbocycles. The maximum absolute atomic E-state index is 10.3. The molecule has 1 heterocycles. The number of pyridine rings is 1. The molecule has 3 nitrogen and oxygen atoms in total. The van der Waals surface area contributed by atoms with E-state index < -0.39 is 0 Å². The molecule has 3 heteroatoms. The third kappa shape index (κ3) is 2.54. The van der Waals surface area contributed by atoms with Crippen molar-refractivity contribution in [2.24, 2.45) is 0 Å². The molecule has 0 aliphatic heterocycles. The van der Waals surface area contributed by atoms with E-state index in [0.29, 0.717) is 11.7 Å². The lowest BCUT2D eigenvalue weighted by Crippen LogP contribution is -2.23. The number of phenolic OH excluding ortho intramolecular Hbond substituents is 1. The van der Waals surface area contributed by atoms with Gasteiger partial charge in [0.1, 0.15) is 5.75 Å². The van der Waals surface area contributed by atoms with Gasteiger partial charge in [0.25, 0.3) is 0 Å². The van der Waals surface area contributed by atoms with Gasteiger partial charge in [0.15, 0.2) is 0 Å². The SMILES string of the molecule is Cc1ccc(O)c2c1C(C)CC2NC(C)c1ccccn1. The second-order valence-corrected chi connectivity index (χ2v) is 6.06. The maximum atomic E-state index is 10.3. The molecule has 0 saturated carbocycles. The Kier molecular flexibility index (Phi) is 3.68. The fourth-order valence-electron chi connectivity index (χ4n) is 3.51. The van der Waals surface area contributed by atoms with Crippen molar-refractivity contribution < 1.29 is 5.11 Å². The highest BCUT2D eigenvalue weighted by atomic mass is 16.3. The molecule has 0 fully saturated rings. The molecule has 0 spiro atoms. The van der Waals surface area contributed by atoms with Crippen LogP contribution in [0, 0.1) is 6.92 Å². The Labute approximate surface area is 126 Å². The molecule has 21 heavy (non-hydrogen) atoms. The Morgan fingerprint density at radius 1 is 1.24 bits per heavy atom. The van der Waals surface area contributed by atoms with Crippen molar-refractivity contribution in [3.8, 4) is 5.75 Å². The van der Waals surface area contributed by atoms with Crippen LogP contribution in [0.25, 0.3) is 0 Å². The Morgan fingerprint density at radius 3 is 2.76 bits per heavy atom. The summed E-state index contributed by atoms with van der Waals surface area (Å²) in [5.41, 5.74) is 4.68. The van der Waals surface area contributed by atoms with Crippen LogP contribution in [-0.2, 0) is 0 Å². The summed E-state index contributed by atoms with van der Waals surface area (Å²) in [6.45, 7) is 6.48. The first-order valence-electron chi connectivity index (χ1n) is 7.57. The van der Waals surface area contributed by atoms with Crippen LogP contribution in [-0.4, -0.2) is 10.1 Å². The Balaban J connectivity index is 1.88. The minimum absolute atomic E-state index is 0.161. The molecule has 1 aliphatic carbocycles. The lowest BCUT2D eigenvalue weighted by molar-refractivity contribution is 0.419. The summed E-state index contributed by atoms with van der Waals surface area (Å²) in [7, 11) is 0. The first-order valence-corrected chi connectivity index (χ1v) is 7.57. The highest BCUT2D eigenvalue weighted by molar-refractivity contribution is 5.51. The molecule has 0 amide bonds. The molecule has 2 aromatic rings. The average Bonchev–Trinajstić information content (AvgIpc) is 2.81. The van der Waals surface area contributed by atoms with Gasteiger partial charge in [0, 0.05) is 23.8 Å². The minimum Gasteiger partial charge on any atom is -0.508 e. The predicted molar refractivity (Wildman–Crippen MR) is 84.4 cm³/mol. The van der Waals surface area contributed by atoms with Crippen molar-refractivity contribution >= 4 is 0 Å². The van der Waals surface area contributed by atoms with Crippen molar-refractivity contribution in [2.75, 3.05) is 0 Å². The number of hydrogen-bond acceptors (Lipinski definition) is 3. The van der Waals surface area contributed by atoms with Gasteiger partial charge >= 0.3 is 0 Å². The van der Waals surface area contributed by atoms with Crippen LogP contribution in [0.5, 0.6) is 5.75 Å². The van der Waals surface area contributed by atoms with E-state index in [1.165, 1.54) is 11.1 Å². The maximum Gasteiger partial charge on any atom is 0.120 e. The van der Waals surface area contributed by atoms with Gasteiger partial charge in [0.2, 0.25) is 0 Å². The summed E-state index contributed by atoms with van der Waals surface area (Å²) in [4.78, 5) is 4.41. The number of aromatic nitrogens is 1. The van der Waals surface area contributed by atoms with Gasteiger partial charge in [-0.3, -0.25) is 4.98 Å². The quantitative estimate of drug-likeness (QED) is 0.894. The van der Waals surface area contributed by atoms with Crippen molar-refractivity contribution in [3.63, 3.8) is 0 Å². The van der Waals surface area contributed by atoms with E-state index in [1.807, 2.05) is 36.5 Å². The molecule has 0 bridgehead atoms. The van der Waals surface area contributed by atoms with Crippen molar-refractivity contribution in [3.05, 3.63) is 58.9 Å². The molecule has 3 atom stereocenters. The number of aryl methyl sites for hydroxylation is 1. The van der Waals surface area contributed by atoms with Crippen molar-refractivity contribution in [1.82, 2.24) is 10.3 Å². The minimum atomic E-state index is 0.161. The van der Waals surface area contributed by atoms with Crippen molar-refractivity contribution in [1.29, 1.82) is 0 Å². The van der Waals surface area contributed by atoms with Crippen LogP contribution in [0.15, 0.2) is 36.5 Å². The van der Waals surface area contributed by atoms with Gasteiger partial charge in [-0.15, -0.1) is 0 Å². The molecule has 1 aliphatic rings. The molecule has 110 valence electrons. The number of fused-ring (bicyclic) bond motifs is 1. The van der Waals surface area contributed by atoms with Crippen LogP contribution < -0.4 is 5.32 Å². The van der Waals surface area contributed by atoms with Crippen molar-refractivity contribution in [2.45, 2.75) is 45.2 Å². The topological polar surface area (TPSA) is 45.1 Å². The summed E-state index contributed by atoms with van der Waals surface area (Å²) in [5, 5.41) is 13.9. The normalized spacial score (nSPS) is 22.0. The van der Waals surface area contributed by atoms with E-state index in [2.05, 4.69) is 31.1 Å². The zero-order chi connectivity index (χ0) is 15.0. The second kappa shape index (κ2) is 5.49. The third-order valence-electron chi connectivity index (χ3n) is 4.50. The zero-order valence-corrected chi connectivity index (χ0v) is 12.8. The van der Waals surface area contributed by atoms with Gasteiger partial charge < -0.3 is 10.4 Å². The van der Waals surface area contributed by atoms with Gasteiger partial charge in [-0.05, 0) is 55.5 Å². The molecule has 0 radical (unpaired) electrons. The number of aromatic hydroxyl groups is 1. The summed E-state index contributed by atoms with van der Waals surface area (Å²) in [5.74, 6) is 0.881. The highest BCUT2D eigenvalue weighted by Gasteiger charge is 2.32. The van der Waals surface area contributed by atoms with E-state index in [4.69, 9.17) is 0 Å². The lowest BCUT2D eigenvalue weighted by atomic mass is 9.97. The smallest absolute Gasteiger partial charge is 0.120 e. The second-order valence-electron chi connectivity index (χ2n) is 6.06. The molecule has 1 aromatic heterocycles. The number of hydrogen-bond donors (Lipinski definition) is 2. The number of nitrogens with zero attached hydrogens (tertiary/aromatic N) is 1. The first kappa shape index (κ1) is 14.1. The Morgan fingerprint density at radius 2 is 2.05 bits per heavy atom. The van der Waals surface area contributed by atoms with Gasteiger partial charge in [-0.25, -0.2) is 0 Å². The predicted octanol–water partition coefficient (Wildman–Crippen LogP) is 3.99. The van der Waals surface area contributed by atoms with E-state index in [1.54, 1.807) is 0 Å². The Hall–Kier alpha value is -1.87. The summed E-state index contributed by atoms with van der Waals surface area (Å²) < 4.78 is 0. The van der Waals surface area contributed by atoms with Crippen LogP contribution in [0.2, 0.25) is 0 Å². The molecule has 3 unspecified atom stereocenters. The van der Waals surface area contributed by atoms with E-state index in [-0.39, 0.29) is 12.1 Å². The molecular formula is C18H22N2O. The lowest BCUT2D eigenvalue weighted by Gasteiger charge is -2.21. The van der Waals surface area contributed by atoms with E-state index >= 15 is 0 Å². The van der Waals surface area contributed by atoms with Crippen LogP contribution >= 0.6 is 0 Å². The largest absolute Gasteiger partial charge is 0.508 e. The fraction of sp³-hybridized carbons (Fsp3) is 0.389. The Bertz CT molecular complexity index is 639. The molecule has 2 N–H and O–H groups in total. The molecule has 0 saturated heterocycles. The van der Waals surface area contributed by atoms with E-state index in [0.717, 1.165) is 17.7 Å². The molecular weight excluding hydrogens is 260 g/mol. The zero-order valence-electron chi connectivity index (χ0n) is 12.8. The number of rotatable bonds is 3. The van der Waals surface area contributed by atoms with Gasteiger partial charge in [0.05, 0.1) is 5.69 Å². The number of nitrogens with one attached hydrogen (secondary N) is 1. The van der Waals surface area contributed by atoms with E-state index in [9.17, 15) is 5.11 Å². The van der Waals surface area contributed by atoms with Crippen LogP contribution in [0.1, 0.15) is 60.7 Å². The summed E-state index contributed by atoms with van der Waals surface area (Å²) >= 11 is 0. The first-order chi connectivity index (χ1) is 10.1. The third-order valence-corrected chi connectivity index (χ3v) is 4.50. The fourth-order valence-corrected chi connectivity index (χ4v) is 3.51. The standard InChI is InChI=1S/C18H22N2O/c1-11-7-8-16(21)18-15(10-12(2)17(11)18)20-13(3)14-6-4-5-9-19-14/h4-9,12-13,15,20-21H,10H2,1-3H3. The molecule has 3 rings (SSSR count). The summed E-state index contributed by atoms with van der Waals surface area (Å²) in [6, 6.07) is 10.1. The highest BCUT2D eigenvalue weighted by Crippen LogP contribution is 2.46. The average molecular weight is 282 g/mol. The van der Waals surface area contributed by atoms with Gasteiger partial charge in [-0.2, -0.15) is 0 Å².